The van der Waals surface area contributed by atoms with E-state index in [9.17, 15) is 8.78 Å². The maximum atomic E-state index is 14.4. The highest BCUT2D eigenvalue weighted by Crippen LogP contribution is 2.34. The zero-order valence-corrected chi connectivity index (χ0v) is 48.1. The predicted molar refractivity (Wildman–Crippen MR) is 318 cm³/mol. The van der Waals surface area contributed by atoms with Crippen LogP contribution in [0.1, 0.15) is 62.0 Å². The van der Waals surface area contributed by atoms with Crippen LogP contribution in [0.25, 0.3) is 56.1 Å². The first-order valence-electron chi connectivity index (χ1n) is 27.8. The van der Waals surface area contributed by atoms with Gasteiger partial charge in [0.1, 0.15) is 34.4 Å². The monoisotopic (exact) mass is 1140 g/mol. The zero-order valence-electron chi connectivity index (χ0n) is 48.1. The van der Waals surface area contributed by atoms with Crippen LogP contribution in [0.3, 0.4) is 0 Å². The van der Waals surface area contributed by atoms with Crippen LogP contribution >= 0.6 is 0 Å². The van der Waals surface area contributed by atoms with Gasteiger partial charge in [0.05, 0.1) is 88.7 Å². The van der Waals surface area contributed by atoms with E-state index < -0.39 is 0 Å². The summed E-state index contributed by atoms with van der Waals surface area (Å²) < 4.78 is 56.8. The SMILES string of the molecule is Cc1cn(-c2cnc(NCc3c(F)ccc4c3CCO4)n3cc(C)nc23)cn1.Cc1cn2c(NCc3c(F)ccc4occc34)ncc(-c3cc(C)nn3C)c2n1.Cc1cn2c(NCc3cccc4c3CCO4)ncc(-c3cc(C)nn3C)c2n1. The van der Waals surface area contributed by atoms with Gasteiger partial charge >= 0.3 is 0 Å². The minimum absolute atomic E-state index is 0.236. The Morgan fingerprint density at radius 2 is 1.07 bits per heavy atom. The Labute approximate surface area is 486 Å². The molecular formula is C62H60F2N18O3. The van der Waals surface area contributed by atoms with Crippen LogP contribution in [0.2, 0.25) is 0 Å². The zero-order chi connectivity index (χ0) is 58.6. The lowest BCUT2D eigenvalue weighted by atomic mass is 10.0. The standard InChI is InChI=1S/C21H19FN6O.C21H22N6O.C20H19FN6O/c1-12-8-18(27(3)26-12)16-10-24-21(28-11-13(2)25-20(16)28)23-9-15-14-6-7-29-19(14)5-4-17(15)22;1-13-9-18(26(3)25-13)17-11-23-21(27-12-14(2)24-20(17)27)22-10-15-5-4-6-19-16(15)7-8-28-19;1-12-9-26(11-24-12)17-8-23-20(27-10-13(2)25-19(17)27)22-7-15-14-5-6-28-18(14)4-3-16(15)21/h4-8,10-11H,9H2,1-3H3,(H,23,24);4-6,9,11-12H,7-8,10H2,1-3H3,(H,22,23);3-4,8-11H,5-7H2,1-2H3,(H,22,23). The number of fused-ring (bicyclic) bond motifs is 6. The maximum absolute atomic E-state index is 14.4. The summed E-state index contributed by atoms with van der Waals surface area (Å²) in [6.45, 7) is 14.4. The Bertz CT molecular complexity index is 4680. The molecule has 23 heteroatoms. The van der Waals surface area contributed by atoms with Crippen molar-refractivity contribution in [2.45, 2.75) is 74.0 Å². The number of aryl methyl sites for hydroxylation is 8. The number of benzene rings is 3. The topological polar surface area (TPSA) is 212 Å². The van der Waals surface area contributed by atoms with Crippen molar-refractivity contribution in [2.75, 3.05) is 29.2 Å². The summed E-state index contributed by atoms with van der Waals surface area (Å²) in [4.78, 5) is 32.1. The Balaban J connectivity index is 0.000000119. The molecule has 21 nitrogen and oxygen atoms in total. The molecule has 2 aliphatic rings. The number of rotatable bonds is 12. The summed E-state index contributed by atoms with van der Waals surface area (Å²) in [6, 6.07) is 18.2. The second kappa shape index (κ2) is 22.0. The third kappa shape index (κ3) is 10.4. The van der Waals surface area contributed by atoms with Gasteiger partial charge in [0, 0.05) is 111 Å². The van der Waals surface area contributed by atoms with Gasteiger partial charge in [-0.3, -0.25) is 22.6 Å². The van der Waals surface area contributed by atoms with Gasteiger partial charge in [-0.05, 0) is 95.6 Å². The van der Waals surface area contributed by atoms with Gasteiger partial charge in [-0.1, -0.05) is 12.1 Å². The highest BCUT2D eigenvalue weighted by molar-refractivity contribution is 5.82. The number of furan rings is 1. The number of aromatic nitrogens is 15. The van der Waals surface area contributed by atoms with Crippen LogP contribution < -0.4 is 25.4 Å². The van der Waals surface area contributed by atoms with Crippen molar-refractivity contribution < 1.29 is 22.7 Å². The summed E-state index contributed by atoms with van der Waals surface area (Å²) >= 11 is 0. The van der Waals surface area contributed by atoms with E-state index >= 15 is 0 Å². The average Bonchev–Trinajstić information content (AvgIpc) is 3.44. The minimum Gasteiger partial charge on any atom is -0.493 e. The summed E-state index contributed by atoms with van der Waals surface area (Å²) in [5.41, 5.74) is 17.8. The fourth-order valence-corrected chi connectivity index (χ4v) is 11.2. The highest BCUT2D eigenvalue weighted by atomic mass is 19.1. The Kier molecular flexibility index (Phi) is 14.0. The quantitative estimate of drug-likeness (QED) is 0.104. The summed E-state index contributed by atoms with van der Waals surface area (Å²) in [5.74, 6) is 3.20. The molecule has 0 spiro atoms. The maximum Gasteiger partial charge on any atom is 0.209 e. The number of imidazole rings is 4. The molecule has 0 radical (unpaired) electrons. The van der Waals surface area contributed by atoms with Crippen molar-refractivity contribution in [3.8, 4) is 39.7 Å². The molecule has 2 aliphatic heterocycles. The van der Waals surface area contributed by atoms with Crippen molar-refractivity contribution in [3.63, 3.8) is 0 Å². The van der Waals surface area contributed by atoms with Crippen LogP contribution in [0.4, 0.5) is 26.6 Å². The van der Waals surface area contributed by atoms with Crippen molar-refractivity contribution in [1.29, 1.82) is 0 Å². The van der Waals surface area contributed by atoms with Gasteiger partial charge in [-0.2, -0.15) is 10.2 Å². The van der Waals surface area contributed by atoms with Crippen LogP contribution in [-0.4, -0.2) is 85.4 Å². The molecule has 85 heavy (non-hydrogen) atoms. The van der Waals surface area contributed by atoms with E-state index in [1.165, 1.54) is 23.3 Å². The number of halogens is 2. The van der Waals surface area contributed by atoms with Gasteiger partial charge in [-0.15, -0.1) is 0 Å². The lowest BCUT2D eigenvalue weighted by molar-refractivity contribution is 0.356. The fraction of sp³-hybridized carbons (Fsp3) is 0.242. The normalized spacial score (nSPS) is 12.5. The van der Waals surface area contributed by atoms with Crippen LogP contribution in [0.15, 0.2) is 121 Å². The molecule has 0 unspecified atom stereocenters. The summed E-state index contributed by atoms with van der Waals surface area (Å²) in [6.07, 6.45) is 18.1. The first kappa shape index (κ1) is 53.8. The van der Waals surface area contributed by atoms with E-state index in [1.807, 2.05) is 132 Å². The molecule has 0 aliphatic carbocycles. The van der Waals surface area contributed by atoms with Crippen molar-refractivity contribution in [3.05, 3.63) is 190 Å². The van der Waals surface area contributed by atoms with E-state index in [4.69, 9.17) is 23.9 Å². The molecule has 0 amide bonds. The fourth-order valence-electron chi connectivity index (χ4n) is 11.2. The van der Waals surface area contributed by atoms with E-state index in [0.29, 0.717) is 48.3 Å². The average molecular weight is 1140 g/mol. The first-order chi connectivity index (χ1) is 41.2. The van der Waals surface area contributed by atoms with E-state index in [-0.39, 0.29) is 18.2 Å². The Morgan fingerprint density at radius 1 is 0.529 bits per heavy atom. The number of nitrogens with one attached hydrogen (secondary N) is 3. The van der Waals surface area contributed by atoms with Crippen molar-refractivity contribution in [2.24, 2.45) is 14.1 Å². The number of ether oxygens (including phenoxy) is 2. The molecular weight excluding hydrogens is 1080 g/mol. The van der Waals surface area contributed by atoms with E-state index in [1.54, 1.807) is 43.2 Å². The third-order valence-electron chi connectivity index (χ3n) is 15.1. The summed E-state index contributed by atoms with van der Waals surface area (Å²) in [7, 11) is 3.84. The molecule has 12 heterocycles. The predicted octanol–water partition coefficient (Wildman–Crippen LogP) is 10.8. The lowest BCUT2D eigenvalue weighted by Crippen LogP contribution is -2.10. The molecule has 0 saturated heterocycles. The van der Waals surface area contributed by atoms with Crippen LogP contribution in [0.5, 0.6) is 11.5 Å². The minimum atomic E-state index is -0.286. The molecule has 0 saturated carbocycles. The number of hydrogen-bond donors (Lipinski definition) is 3. The van der Waals surface area contributed by atoms with E-state index in [2.05, 4.69) is 63.2 Å². The lowest BCUT2D eigenvalue weighted by Gasteiger charge is -2.13. The van der Waals surface area contributed by atoms with Gasteiger partial charge in [0.25, 0.3) is 0 Å². The molecule has 10 aromatic heterocycles. The smallest absolute Gasteiger partial charge is 0.209 e. The van der Waals surface area contributed by atoms with Crippen molar-refractivity contribution >= 4 is 45.8 Å². The molecule has 0 bridgehead atoms. The number of anilines is 3. The summed E-state index contributed by atoms with van der Waals surface area (Å²) in [5, 5.41) is 19.6. The molecule has 13 aromatic rings. The van der Waals surface area contributed by atoms with Gasteiger partial charge < -0.3 is 34.4 Å². The molecule has 3 aromatic carbocycles. The Hall–Kier alpha value is -10.5. The second-order valence-corrected chi connectivity index (χ2v) is 21.2. The molecule has 3 N–H and O–H groups in total. The number of hydrogen-bond acceptors (Lipinski definition) is 15. The van der Waals surface area contributed by atoms with Crippen LogP contribution in [-0.2, 0) is 46.6 Å². The van der Waals surface area contributed by atoms with Crippen molar-refractivity contribution in [1.82, 2.24) is 72.2 Å². The van der Waals surface area contributed by atoms with E-state index in [0.717, 1.165) is 127 Å². The van der Waals surface area contributed by atoms with Gasteiger partial charge in [-0.25, -0.2) is 43.7 Å². The van der Waals surface area contributed by atoms with Gasteiger partial charge in [0.2, 0.25) is 17.8 Å². The third-order valence-corrected chi connectivity index (χ3v) is 15.1. The molecule has 430 valence electrons. The van der Waals surface area contributed by atoms with Gasteiger partial charge in [0.15, 0.2) is 16.9 Å². The van der Waals surface area contributed by atoms with Crippen LogP contribution in [0, 0.1) is 53.2 Å². The second-order valence-electron chi connectivity index (χ2n) is 21.2. The molecule has 15 rings (SSSR count). The highest BCUT2D eigenvalue weighted by Gasteiger charge is 2.23. The largest absolute Gasteiger partial charge is 0.493 e. The number of nitrogens with zero attached hydrogens (tertiary/aromatic N) is 15. The molecule has 0 atom stereocenters. The molecule has 0 fully saturated rings. The Morgan fingerprint density at radius 3 is 1.67 bits per heavy atom. The first-order valence-corrected chi connectivity index (χ1v) is 27.8.